The fourth-order valence-corrected chi connectivity index (χ4v) is 2.47. The van der Waals surface area contributed by atoms with E-state index in [1.165, 1.54) is 0 Å². The molecular weight excluding hydrogens is 254 g/mol. The summed E-state index contributed by atoms with van der Waals surface area (Å²) in [6, 6.07) is 5.32. The minimum absolute atomic E-state index is 0.0172. The van der Waals surface area contributed by atoms with Crippen LogP contribution in [0.5, 0.6) is 0 Å². The zero-order valence-corrected chi connectivity index (χ0v) is 11.3. The maximum Gasteiger partial charge on any atom is 0.241 e. The molecule has 1 aliphatic rings. The molecule has 6 nitrogen and oxygen atoms in total. The van der Waals surface area contributed by atoms with Crippen LogP contribution < -0.4 is 10.6 Å². The lowest BCUT2D eigenvalue weighted by molar-refractivity contribution is -0.118. The summed E-state index contributed by atoms with van der Waals surface area (Å²) in [5.74, 6) is 0.952. The van der Waals surface area contributed by atoms with E-state index in [1.54, 1.807) is 29.3 Å². The maximum atomic E-state index is 12.3. The number of aromatic nitrogens is 3. The zero-order chi connectivity index (χ0) is 13.9. The quantitative estimate of drug-likeness (QED) is 0.880. The second-order valence-electron chi connectivity index (χ2n) is 5.01. The molecule has 2 unspecified atom stereocenters. The van der Waals surface area contributed by atoms with Crippen molar-refractivity contribution in [2.24, 2.45) is 5.92 Å². The van der Waals surface area contributed by atoms with Gasteiger partial charge in [0.25, 0.3) is 0 Å². The largest absolute Gasteiger partial charge is 0.322 e. The minimum atomic E-state index is -0.138. The van der Waals surface area contributed by atoms with Crippen molar-refractivity contribution in [3.05, 3.63) is 36.8 Å². The molecule has 2 atom stereocenters. The Balaban J connectivity index is 1.83. The van der Waals surface area contributed by atoms with Gasteiger partial charge in [-0.15, -0.1) is 0 Å². The third-order valence-electron chi connectivity index (χ3n) is 3.58. The van der Waals surface area contributed by atoms with Crippen LogP contribution in [0.25, 0.3) is 5.82 Å². The Kier molecular flexibility index (Phi) is 3.47. The van der Waals surface area contributed by atoms with E-state index in [4.69, 9.17) is 0 Å². The molecule has 1 amide bonds. The predicted molar refractivity (Wildman–Crippen MR) is 75.6 cm³/mol. The normalized spacial score (nSPS) is 21.9. The van der Waals surface area contributed by atoms with Crippen LogP contribution in [-0.4, -0.2) is 33.3 Å². The van der Waals surface area contributed by atoms with Gasteiger partial charge in [0.15, 0.2) is 5.82 Å². The second-order valence-corrected chi connectivity index (χ2v) is 5.01. The number of amides is 1. The van der Waals surface area contributed by atoms with E-state index in [1.807, 2.05) is 12.1 Å². The van der Waals surface area contributed by atoms with E-state index < -0.39 is 0 Å². The molecule has 0 spiro atoms. The molecule has 2 N–H and O–H groups in total. The number of hydrogen-bond donors (Lipinski definition) is 2. The van der Waals surface area contributed by atoms with Gasteiger partial charge in [-0.05, 0) is 37.1 Å². The van der Waals surface area contributed by atoms with Crippen LogP contribution in [0.1, 0.15) is 13.3 Å². The Morgan fingerprint density at radius 1 is 1.45 bits per heavy atom. The smallest absolute Gasteiger partial charge is 0.241 e. The highest BCUT2D eigenvalue weighted by atomic mass is 16.2. The van der Waals surface area contributed by atoms with Gasteiger partial charge in [0, 0.05) is 18.6 Å². The number of carbonyl (C=O) groups is 1. The average molecular weight is 271 g/mol. The molecule has 104 valence electrons. The highest BCUT2D eigenvalue weighted by Crippen LogP contribution is 2.19. The maximum absolute atomic E-state index is 12.3. The monoisotopic (exact) mass is 271 g/mol. The summed E-state index contributed by atoms with van der Waals surface area (Å²) < 4.78 is 1.64. The topological polar surface area (TPSA) is 71.8 Å². The molecule has 0 aliphatic carbocycles. The molecule has 2 aromatic rings. The first-order valence-electron chi connectivity index (χ1n) is 6.75. The van der Waals surface area contributed by atoms with E-state index in [9.17, 15) is 4.79 Å². The average Bonchev–Trinajstić information content (AvgIpc) is 3.10. The molecule has 0 saturated carbocycles. The van der Waals surface area contributed by atoms with Gasteiger partial charge in [-0.1, -0.05) is 6.92 Å². The van der Waals surface area contributed by atoms with E-state index in [2.05, 4.69) is 27.6 Å². The van der Waals surface area contributed by atoms with Gasteiger partial charge in [0.1, 0.15) is 0 Å². The van der Waals surface area contributed by atoms with Gasteiger partial charge >= 0.3 is 0 Å². The van der Waals surface area contributed by atoms with Crippen molar-refractivity contribution in [2.75, 3.05) is 11.9 Å². The number of nitrogens with zero attached hydrogens (tertiary/aromatic N) is 3. The van der Waals surface area contributed by atoms with Gasteiger partial charge in [-0.2, -0.15) is 5.10 Å². The highest BCUT2D eigenvalue weighted by Gasteiger charge is 2.29. The number of hydrogen-bond acceptors (Lipinski definition) is 4. The summed E-state index contributed by atoms with van der Waals surface area (Å²) in [5.41, 5.74) is 0.669. The molecule has 2 aromatic heterocycles. The number of rotatable bonds is 3. The molecule has 3 rings (SSSR count). The molecule has 1 fully saturated rings. The summed E-state index contributed by atoms with van der Waals surface area (Å²) in [5, 5.41) is 10.3. The van der Waals surface area contributed by atoms with Crippen LogP contribution in [0, 0.1) is 5.92 Å². The van der Waals surface area contributed by atoms with Gasteiger partial charge in [0.2, 0.25) is 5.91 Å². The Morgan fingerprint density at radius 3 is 3.05 bits per heavy atom. The lowest BCUT2D eigenvalue weighted by Crippen LogP contribution is -2.39. The van der Waals surface area contributed by atoms with Crippen molar-refractivity contribution in [3.8, 4) is 5.82 Å². The number of carbonyl (C=O) groups excluding carboxylic acids is 1. The zero-order valence-electron chi connectivity index (χ0n) is 11.3. The highest BCUT2D eigenvalue weighted by molar-refractivity contribution is 5.96. The predicted octanol–water partition coefficient (Wildman–Crippen LogP) is 1.20. The van der Waals surface area contributed by atoms with Gasteiger partial charge < -0.3 is 10.6 Å². The van der Waals surface area contributed by atoms with Gasteiger partial charge in [-0.3, -0.25) is 4.79 Å². The van der Waals surface area contributed by atoms with Gasteiger partial charge in [-0.25, -0.2) is 9.67 Å². The molecular formula is C14H17N5O. The summed E-state index contributed by atoms with van der Waals surface area (Å²) in [4.78, 5) is 16.6. The fraction of sp³-hybridized carbons (Fsp3) is 0.357. The van der Waals surface area contributed by atoms with Crippen LogP contribution in [0.3, 0.4) is 0 Å². The Bertz CT molecular complexity index is 595. The fourth-order valence-electron chi connectivity index (χ4n) is 2.47. The molecule has 0 bridgehead atoms. The van der Waals surface area contributed by atoms with E-state index in [0.29, 0.717) is 17.4 Å². The number of nitrogens with one attached hydrogen (secondary N) is 2. The van der Waals surface area contributed by atoms with E-state index >= 15 is 0 Å². The standard InChI is InChI=1S/C14H17N5O/c1-10-5-8-15-12(10)14(20)18-11-4-2-6-16-13(11)19-9-3-7-17-19/h2-4,6-7,9-10,12,15H,5,8H2,1H3,(H,18,20). The third kappa shape index (κ3) is 2.42. The third-order valence-corrected chi connectivity index (χ3v) is 3.58. The van der Waals surface area contributed by atoms with Crippen molar-refractivity contribution >= 4 is 11.6 Å². The Hall–Kier alpha value is -2.21. The van der Waals surface area contributed by atoms with Crippen molar-refractivity contribution in [1.29, 1.82) is 0 Å². The first-order chi connectivity index (χ1) is 9.75. The number of anilines is 1. The summed E-state index contributed by atoms with van der Waals surface area (Å²) in [7, 11) is 0. The molecule has 3 heterocycles. The van der Waals surface area contributed by atoms with Crippen molar-refractivity contribution in [2.45, 2.75) is 19.4 Å². The lowest BCUT2D eigenvalue weighted by atomic mass is 10.0. The summed E-state index contributed by atoms with van der Waals surface area (Å²) in [6.45, 7) is 2.97. The SMILES string of the molecule is CC1CCNC1C(=O)Nc1cccnc1-n1cccn1. The second kappa shape index (κ2) is 5.42. The van der Waals surface area contributed by atoms with Crippen molar-refractivity contribution in [3.63, 3.8) is 0 Å². The van der Waals surface area contributed by atoms with Crippen LogP contribution in [-0.2, 0) is 4.79 Å². The molecule has 1 saturated heterocycles. The Morgan fingerprint density at radius 2 is 2.35 bits per heavy atom. The first-order valence-corrected chi connectivity index (χ1v) is 6.75. The van der Waals surface area contributed by atoms with Crippen LogP contribution in [0.15, 0.2) is 36.8 Å². The molecule has 6 heteroatoms. The van der Waals surface area contributed by atoms with Crippen LogP contribution in [0.2, 0.25) is 0 Å². The summed E-state index contributed by atoms with van der Waals surface area (Å²) >= 11 is 0. The van der Waals surface area contributed by atoms with Gasteiger partial charge in [0.05, 0.1) is 11.7 Å². The lowest BCUT2D eigenvalue weighted by Gasteiger charge is -2.16. The molecule has 0 aromatic carbocycles. The van der Waals surface area contributed by atoms with Crippen LogP contribution >= 0.6 is 0 Å². The molecule has 0 radical (unpaired) electrons. The van der Waals surface area contributed by atoms with Crippen molar-refractivity contribution in [1.82, 2.24) is 20.1 Å². The van der Waals surface area contributed by atoms with Crippen LogP contribution in [0.4, 0.5) is 5.69 Å². The van der Waals surface area contributed by atoms with E-state index in [0.717, 1.165) is 13.0 Å². The first kappa shape index (κ1) is 12.8. The number of pyridine rings is 1. The Labute approximate surface area is 117 Å². The molecule has 20 heavy (non-hydrogen) atoms. The summed E-state index contributed by atoms with van der Waals surface area (Å²) in [6.07, 6.45) is 6.19. The molecule has 1 aliphatic heterocycles. The van der Waals surface area contributed by atoms with E-state index in [-0.39, 0.29) is 11.9 Å². The minimum Gasteiger partial charge on any atom is -0.322 e. The van der Waals surface area contributed by atoms with Crippen molar-refractivity contribution < 1.29 is 4.79 Å².